The van der Waals surface area contributed by atoms with E-state index in [-0.39, 0.29) is 19.5 Å². The SMILES string of the molecule is CCOP(=O)(CNC(=O)[C@@H](N)CCSSCCC(N)C(N)=O)OCC. The van der Waals surface area contributed by atoms with E-state index < -0.39 is 31.5 Å². The van der Waals surface area contributed by atoms with E-state index in [2.05, 4.69) is 5.32 Å². The zero-order valence-corrected chi connectivity index (χ0v) is 17.2. The molecule has 25 heavy (non-hydrogen) atoms. The van der Waals surface area contributed by atoms with Gasteiger partial charge in [-0.2, -0.15) is 0 Å². The fourth-order valence-electron chi connectivity index (χ4n) is 1.57. The number of carbonyl (C=O) groups is 2. The van der Waals surface area contributed by atoms with Crippen molar-refractivity contribution < 1.29 is 23.2 Å². The van der Waals surface area contributed by atoms with Crippen LogP contribution in [0.3, 0.4) is 0 Å². The average Bonchev–Trinajstić information content (AvgIpc) is 2.55. The molecule has 0 bridgehead atoms. The lowest BCUT2D eigenvalue weighted by Crippen LogP contribution is -2.41. The van der Waals surface area contributed by atoms with Crippen LogP contribution < -0.4 is 22.5 Å². The van der Waals surface area contributed by atoms with Gasteiger partial charge in [-0.3, -0.25) is 14.2 Å². The Morgan fingerprint density at radius 3 is 1.96 bits per heavy atom. The van der Waals surface area contributed by atoms with Crippen molar-refractivity contribution >= 4 is 41.0 Å². The van der Waals surface area contributed by atoms with E-state index in [1.807, 2.05) is 0 Å². The number of amides is 2. The second-order valence-electron chi connectivity index (χ2n) is 4.98. The Hall–Kier alpha value is -0.290. The summed E-state index contributed by atoms with van der Waals surface area (Å²) >= 11 is 0. The van der Waals surface area contributed by atoms with Crippen LogP contribution in [0.5, 0.6) is 0 Å². The summed E-state index contributed by atoms with van der Waals surface area (Å²) < 4.78 is 22.4. The molecule has 0 aromatic carbocycles. The van der Waals surface area contributed by atoms with E-state index in [0.717, 1.165) is 0 Å². The van der Waals surface area contributed by atoms with Crippen LogP contribution in [0.25, 0.3) is 0 Å². The molecule has 0 rings (SSSR count). The fourth-order valence-corrected chi connectivity index (χ4v) is 5.18. The molecule has 0 spiro atoms. The van der Waals surface area contributed by atoms with Crippen LogP contribution in [0, 0.1) is 0 Å². The van der Waals surface area contributed by atoms with Gasteiger partial charge < -0.3 is 31.6 Å². The van der Waals surface area contributed by atoms with Crippen molar-refractivity contribution in [1.82, 2.24) is 5.32 Å². The van der Waals surface area contributed by atoms with E-state index in [1.165, 1.54) is 10.8 Å². The predicted molar refractivity (Wildman–Crippen MR) is 103 cm³/mol. The summed E-state index contributed by atoms with van der Waals surface area (Å²) in [6.07, 6.45) is 0.761. The third-order valence-corrected chi connectivity index (χ3v) is 7.23. The topological polar surface area (TPSA) is 160 Å². The van der Waals surface area contributed by atoms with Crippen molar-refractivity contribution in [1.29, 1.82) is 0 Å². The number of nitrogens with two attached hydrogens (primary N) is 3. The molecule has 2 atom stereocenters. The quantitative estimate of drug-likeness (QED) is 0.170. The van der Waals surface area contributed by atoms with Crippen molar-refractivity contribution in [2.45, 2.75) is 38.8 Å². The Morgan fingerprint density at radius 1 is 1.04 bits per heavy atom. The molecule has 0 aliphatic carbocycles. The van der Waals surface area contributed by atoms with Crippen molar-refractivity contribution in [2.75, 3.05) is 31.0 Å². The van der Waals surface area contributed by atoms with Gasteiger partial charge in [0.25, 0.3) is 0 Å². The maximum Gasteiger partial charge on any atom is 0.349 e. The molecule has 0 aliphatic rings. The van der Waals surface area contributed by atoms with E-state index in [0.29, 0.717) is 24.3 Å². The molecular weight excluding hydrogens is 387 g/mol. The van der Waals surface area contributed by atoms with E-state index >= 15 is 0 Å². The van der Waals surface area contributed by atoms with Crippen LogP contribution in [0.2, 0.25) is 0 Å². The number of hydrogen-bond donors (Lipinski definition) is 4. The summed E-state index contributed by atoms with van der Waals surface area (Å²) in [6.45, 7) is 3.85. The maximum atomic E-state index is 12.2. The van der Waals surface area contributed by atoms with Gasteiger partial charge in [0.2, 0.25) is 11.8 Å². The fraction of sp³-hybridized carbons (Fsp3) is 0.846. The molecule has 0 saturated heterocycles. The third kappa shape index (κ3) is 11.8. The lowest BCUT2D eigenvalue weighted by molar-refractivity contribution is -0.122. The molecule has 0 saturated carbocycles. The summed E-state index contributed by atoms with van der Waals surface area (Å²) in [7, 11) is -0.240. The van der Waals surface area contributed by atoms with E-state index in [4.69, 9.17) is 26.2 Å². The Balaban J connectivity index is 3.95. The first-order valence-corrected chi connectivity index (χ1v) is 12.2. The molecule has 148 valence electrons. The van der Waals surface area contributed by atoms with Crippen molar-refractivity contribution in [3.05, 3.63) is 0 Å². The van der Waals surface area contributed by atoms with Crippen LogP contribution >= 0.6 is 29.2 Å². The summed E-state index contributed by atoms with van der Waals surface area (Å²) in [6, 6.07) is -1.34. The summed E-state index contributed by atoms with van der Waals surface area (Å²) in [5.74, 6) is 0.420. The Bertz CT molecular complexity index is 448. The highest BCUT2D eigenvalue weighted by Gasteiger charge is 2.25. The summed E-state index contributed by atoms with van der Waals surface area (Å²) in [5, 5.41) is 2.51. The van der Waals surface area contributed by atoms with Gasteiger partial charge in [0.05, 0.1) is 25.3 Å². The Kier molecular flexibility index (Phi) is 13.7. The van der Waals surface area contributed by atoms with Crippen LogP contribution in [0.1, 0.15) is 26.7 Å². The van der Waals surface area contributed by atoms with E-state index in [9.17, 15) is 14.2 Å². The average molecular weight is 417 g/mol. The molecule has 0 fully saturated rings. The normalized spacial score (nSPS) is 14.1. The zero-order chi connectivity index (χ0) is 19.3. The van der Waals surface area contributed by atoms with Crippen LogP contribution in [0.15, 0.2) is 0 Å². The van der Waals surface area contributed by atoms with Gasteiger partial charge in [-0.25, -0.2) is 0 Å². The monoisotopic (exact) mass is 416 g/mol. The maximum absolute atomic E-state index is 12.2. The first kappa shape index (κ1) is 24.7. The van der Waals surface area contributed by atoms with Gasteiger partial charge in [0.15, 0.2) is 0 Å². The number of hydrogen-bond acceptors (Lipinski definition) is 9. The minimum Gasteiger partial charge on any atom is -0.368 e. The van der Waals surface area contributed by atoms with Crippen molar-refractivity contribution in [3.8, 4) is 0 Å². The second kappa shape index (κ2) is 13.9. The Morgan fingerprint density at radius 2 is 1.52 bits per heavy atom. The Labute approximate surface area is 156 Å². The van der Waals surface area contributed by atoms with Gasteiger partial charge in [-0.15, -0.1) is 0 Å². The van der Waals surface area contributed by atoms with Gasteiger partial charge in [-0.05, 0) is 26.7 Å². The first-order valence-electron chi connectivity index (χ1n) is 7.96. The molecule has 0 aromatic rings. The van der Waals surface area contributed by atoms with E-state index in [1.54, 1.807) is 24.6 Å². The summed E-state index contributed by atoms with van der Waals surface area (Å²) in [5.41, 5.74) is 16.4. The number of rotatable bonds is 15. The molecular formula is C13H29N4O5PS2. The van der Waals surface area contributed by atoms with Crippen LogP contribution in [-0.2, 0) is 23.2 Å². The molecule has 0 aromatic heterocycles. The number of primary amides is 1. The minimum atomic E-state index is -3.32. The van der Waals surface area contributed by atoms with Gasteiger partial charge >= 0.3 is 7.60 Å². The zero-order valence-electron chi connectivity index (χ0n) is 14.6. The van der Waals surface area contributed by atoms with Gasteiger partial charge in [0, 0.05) is 11.5 Å². The van der Waals surface area contributed by atoms with Crippen molar-refractivity contribution in [2.24, 2.45) is 17.2 Å². The summed E-state index contributed by atoms with van der Waals surface area (Å²) in [4.78, 5) is 22.7. The van der Waals surface area contributed by atoms with Gasteiger partial charge in [0.1, 0.15) is 6.29 Å². The standard InChI is InChI=1S/C13H29N4O5PS2/c1-3-21-23(20,22-4-2)9-17-13(19)11(15)6-8-25-24-7-5-10(14)12(16)18/h10-11H,3-9,14-15H2,1-2H3,(H2,16,18)(H,17,19)/t10?,11-/m0/s1. The molecule has 9 nitrogen and oxygen atoms in total. The molecule has 12 heteroatoms. The molecule has 0 radical (unpaired) electrons. The lowest BCUT2D eigenvalue weighted by Gasteiger charge is -2.18. The predicted octanol–water partition coefficient (Wildman–Crippen LogP) is 0.628. The minimum absolute atomic E-state index is 0.200. The first-order chi connectivity index (χ1) is 11.8. The number of nitrogens with one attached hydrogen (secondary N) is 1. The highest BCUT2D eigenvalue weighted by atomic mass is 33.1. The largest absolute Gasteiger partial charge is 0.368 e. The second-order valence-corrected chi connectivity index (χ2v) is 9.74. The highest BCUT2D eigenvalue weighted by molar-refractivity contribution is 8.76. The van der Waals surface area contributed by atoms with Crippen LogP contribution in [-0.4, -0.2) is 54.9 Å². The smallest absolute Gasteiger partial charge is 0.349 e. The lowest BCUT2D eigenvalue weighted by atomic mass is 10.2. The molecule has 0 aliphatic heterocycles. The molecule has 7 N–H and O–H groups in total. The molecule has 2 amide bonds. The van der Waals surface area contributed by atoms with Gasteiger partial charge in [-0.1, -0.05) is 21.6 Å². The van der Waals surface area contributed by atoms with Crippen molar-refractivity contribution in [3.63, 3.8) is 0 Å². The third-order valence-electron chi connectivity index (χ3n) is 2.91. The number of carbonyl (C=O) groups excluding carboxylic acids is 2. The molecule has 0 heterocycles. The van der Waals surface area contributed by atoms with Crippen LogP contribution in [0.4, 0.5) is 0 Å². The molecule has 1 unspecified atom stereocenters. The highest BCUT2D eigenvalue weighted by Crippen LogP contribution is 2.46.